The summed E-state index contributed by atoms with van der Waals surface area (Å²) in [5, 5.41) is 0.0538. The van der Waals surface area contributed by atoms with E-state index in [1.54, 1.807) is 0 Å². The van der Waals surface area contributed by atoms with E-state index in [1.165, 1.54) is 12.1 Å². The molecule has 112 valence electrons. The highest BCUT2D eigenvalue weighted by molar-refractivity contribution is 9.10. The summed E-state index contributed by atoms with van der Waals surface area (Å²) in [6, 6.07) is 10.5. The van der Waals surface area contributed by atoms with Gasteiger partial charge in [-0.1, -0.05) is 30.7 Å². The fraction of sp³-hybridized carbons (Fsp3) is 0.250. The van der Waals surface area contributed by atoms with Gasteiger partial charge < -0.3 is 10.5 Å². The Labute approximate surface area is 137 Å². The first-order valence-corrected chi connectivity index (χ1v) is 7.83. The van der Waals surface area contributed by atoms with E-state index in [2.05, 4.69) is 22.9 Å². The third-order valence-corrected chi connectivity index (χ3v) is 4.06. The summed E-state index contributed by atoms with van der Waals surface area (Å²) >= 11 is 9.00. The number of halogens is 3. The molecular formula is C16H16BrClFNO. The molecule has 2 aromatic carbocycles. The highest BCUT2D eigenvalue weighted by Crippen LogP contribution is 2.33. The van der Waals surface area contributed by atoms with Crippen molar-refractivity contribution < 1.29 is 9.13 Å². The number of hydrogen-bond acceptors (Lipinski definition) is 2. The second kappa shape index (κ2) is 7.25. The Kier molecular flexibility index (Phi) is 5.62. The van der Waals surface area contributed by atoms with Gasteiger partial charge in [0.05, 0.1) is 9.50 Å². The number of nitrogens with two attached hydrogens (primary N) is 1. The molecule has 0 saturated heterocycles. The van der Waals surface area contributed by atoms with Crippen LogP contribution in [0.1, 0.15) is 18.9 Å². The lowest BCUT2D eigenvalue weighted by molar-refractivity contribution is 0.473. The van der Waals surface area contributed by atoms with Crippen LogP contribution in [0, 0.1) is 5.82 Å². The topological polar surface area (TPSA) is 35.2 Å². The molecule has 2 N–H and O–H groups in total. The Morgan fingerprint density at radius 2 is 1.95 bits per heavy atom. The molecule has 0 amide bonds. The Hall–Kier alpha value is -1.10. The molecule has 2 nitrogen and oxygen atoms in total. The van der Waals surface area contributed by atoms with Gasteiger partial charge in [0.2, 0.25) is 0 Å². The van der Waals surface area contributed by atoms with Crippen LogP contribution in [0.2, 0.25) is 5.02 Å². The standard InChI is InChI=1S/C16H16BrClFNO/c1-2-11(20)7-10-3-5-12(6-4-10)21-16-9-15(19)14(18)8-13(16)17/h3-6,8-9,11H,2,7,20H2,1H3. The first kappa shape index (κ1) is 16.3. The van der Waals surface area contributed by atoms with Gasteiger partial charge in [0.15, 0.2) is 0 Å². The normalized spacial score (nSPS) is 12.2. The Balaban J connectivity index is 2.12. The van der Waals surface area contributed by atoms with Crippen LogP contribution >= 0.6 is 27.5 Å². The molecule has 0 bridgehead atoms. The van der Waals surface area contributed by atoms with E-state index in [0.29, 0.717) is 16.0 Å². The van der Waals surface area contributed by atoms with Crippen LogP contribution in [0.25, 0.3) is 0 Å². The van der Waals surface area contributed by atoms with Crippen molar-refractivity contribution in [3.8, 4) is 11.5 Å². The zero-order valence-corrected chi connectivity index (χ0v) is 13.9. The fourth-order valence-electron chi connectivity index (χ4n) is 1.85. The van der Waals surface area contributed by atoms with Crippen LogP contribution in [-0.4, -0.2) is 6.04 Å². The quantitative estimate of drug-likeness (QED) is 0.722. The highest BCUT2D eigenvalue weighted by atomic mass is 79.9. The van der Waals surface area contributed by atoms with Gasteiger partial charge in [-0.2, -0.15) is 0 Å². The maximum absolute atomic E-state index is 13.5. The maximum Gasteiger partial charge on any atom is 0.145 e. The van der Waals surface area contributed by atoms with E-state index in [4.69, 9.17) is 22.1 Å². The summed E-state index contributed by atoms with van der Waals surface area (Å²) in [6.45, 7) is 2.06. The highest BCUT2D eigenvalue weighted by Gasteiger charge is 2.09. The van der Waals surface area contributed by atoms with Crippen LogP contribution in [0.3, 0.4) is 0 Å². The van der Waals surface area contributed by atoms with Crippen molar-refractivity contribution in [1.82, 2.24) is 0 Å². The fourth-order valence-corrected chi connectivity index (χ4v) is 2.57. The minimum Gasteiger partial charge on any atom is -0.456 e. The summed E-state index contributed by atoms with van der Waals surface area (Å²) in [6.07, 6.45) is 1.77. The first-order valence-electron chi connectivity index (χ1n) is 6.66. The summed E-state index contributed by atoms with van der Waals surface area (Å²) in [7, 11) is 0. The molecule has 0 aliphatic heterocycles. The number of rotatable bonds is 5. The van der Waals surface area contributed by atoms with Gasteiger partial charge in [-0.25, -0.2) is 4.39 Å². The molecule has 0 radical (unpaired) electrons. The zero-order valence-electron chi connectivity index (χ0n) is 11.6. The summed E-state index contributed by atoms with van der Waals surface area (Å²) in [5.74, 6) is 0.501. The van der Waals surface area contributed by atoms with E-state index in [-0.39, 0.29) is 11.1 Å². The monoisotopic (exact) mass is 371 g/mol. The lowest BCUT2D eigenvalue weighted by Gasteiger charge is -2.11. The molecular weight excluding hydrogens is 357 g/mol. The molecule has 0 heterocycles. The molecule has 0 aliphatic carbocycles. The van der Waals surface area contributed by atoms with Crippen LogP contribution in [0.4, 0.5) is 4.39 Å². The second-order valence-corrected chi connectivity index (χ2v) is 6.08. The lowest BCUT2D eigenvalue weighted by atomic mass is 10.0. The SMILES string of the molecule is CCC(N)Cc1ccc(Oc2cc(F)c(Cl)cc2Br)cc1. The minimum atomic E-state index is -0.514. The molecule has 0 aromatic heterocycles. The van der Waals surface area contributed by atoms with Crippen molar-refractivity contribution in [3.63, 3.8) is 0 Å². The van der Waals surface area contributed by atoms with Crippen LogP contribution in [-0.2, 0) is 6.42 Å². The van der Waals surface area contributed by atoms with Gasteiger partial charge in [-0.05, 0) is 52.5 Å². The molecule has 5 heteroatoms. The van der Waals surface area contributed by atoms with E-state index in [0.717, 1.165) is 18.4 Å². The molecule has 0 spiro atoms. The van der Waals surface area contributed by atoms with Gasteiger partial charge in [-0.15, -0.1) is 0 Å². The van der Waals surface area contributed by atoms with Crippen molar-refractivity contribution in [2.24, 2.45) is 5.73 Å². The van der Waals surface area contributed by atoms with Gasteiger partial charge in [-0.3, -0.25) is 0 Å². The second-order valence-electron chi connectivity index (χ2n) is 4.82. The van der Waals surface area contributed by atoms with Crippen LogP contribution < -0.4 is 10.5 Å². The van der Waals surface area contributed by atoms with E-state index >= 15 is 0 Å². The molecule has 0 aliphatic rings. The minimum absolute atomic E-state index is 0.0538. The number of ether oxygens (including phenoxy) is 1. The van der Waals surface area contributed by atoms with Crippen LogP contribution in [0.15, 0.2) is 40.9 Å². The van der Waals surface area contributed by atoms with Gasteiger partial charge in [0.25, 0.3) is 0 Å². The van der Waals surface area contributed by atoms with E-state index < -0.39 is 5.82 Å². The third kappa shape index (κ3) is 4.43. The Morgan fingerprint density at radius 3 is 2.57 bits per heavy atom. The van der Waals surface area contributed by atoms with E-state index in [9.17, 15) is 4.39 Å². The average Bonchev–Trinajstić information content (AvgIpc) is 2.46. The lowest BCUT2D eigenvalue weighted by Crippen LogP contribution is -2.21. The van der Waals surface area contributed by atoms with Crippen molar-refractivity contribution in [2.75, 3.05) is 0 Å². The van der Waals surface area contributed by atoms with Crippen molar-refractivity contribution in [1.29, 1.82) is 0 Å². The molecule has 0 saturated carbocycles. The summed E-state index contributed by atoms with van der Waals surface area (Å²) < 4.78 is 19.7. The molecule has 0 fully saturated rings. The van der Waals surface area contributed by atoms with Gasteiger partial charge >= 0.3 is 0 Å². The molecule has 21 heavy (non-hydrogen) atoms. The Bertz CT molecular complexity index is 618. The maximum atomic E-state index is 13.5. The van der Waals surface area contributed by atoms with Gasteiger partial charge in [0, 0.05) is 12.1 Å². The zero-order chi connectivity index (χ0) is 15.4. The smallest absolute Gasteiger partial charge is 0.145 e. The Morgan fingerprint density at radius 1 is 1.29 bits per heavy atom. The van der Waals surface area contributed by atoms with Crippen molar-refractivity contribution >= 4 is 27.5 Å². The molecule has 2 rings (SSSR count). The van der Waals surface area contributed by atoms with Crippen LogP contribution in [0.5, 0.6) is 11.5 Å². The number of benzene rings is 2. The molecule has 1 atom stereocenters. The largest absolute Gasteiger partial charge is 0.456 e. The third-order valence-electron chi connectivity index (χ3n) is 3.15. The van der Waals surface area contributed by atoms with Gasteiger partial charge in [0.1, 0.15) is 17.3 Å². The van der Waals surface area contributed by atoms with E-state index in [1.807, 2.05) is 24.3 Å². The summed E-state index contributed by atoms with van der Waals surface area (Å²) in [4.78, 5) is 0. The summed E-state index contributed by atoms with van der Waals surface area (Å²) in [5.41, 5.74) is 7.08. The number of hydrogen-bond donors (Lipinski definition) is 1. The predicted molar refractivity (Wildman–Crippen MR) is 87.6 cm³/mol. The predicted octanol–water partition coefficient (Wildman–Crippen LogP) is 5.31. The van der Waals surface area contributed by atoms with Crippen molar-refractivity contribution in [2.45, 2.75) is 25.8 Å². The molecule has 1 unspecified atom stereocenters. The van der Waals surface area contributed by atoms with Crippen molar-refractivity contribution in [3.05, 3.63) is 57.3 Å². The molecule has 2 aromatic rings. The average molecular weight is 373 g/mol. The first-order chi connectivity index (χ1) is 9.99.